The molecule has 0 aliphatic carbocycles. The van der Waals surface area contributed by atoms with Crippen molar-refractivity contribution in [3.63, 3.8) is 0 Å². The lowest BCUT2D eigenvalue weighted by Crippen LogP contribution is -2.34. The molecule has 0 unspecified atom stereocenters. The zero-order valence-electron chi connectivity index (χ0n) is 15.6. The second kappa shape index (κ2) is 9.41. The van der Waals surface area contributed by atoms with Gasteiger partial charge in [0.1, 0.15) is 24.5 Å². The third-order valence-electron chi connectivity index (χ3n) is 3.86. The van der Waals surface area contributed by atoms with Crippen LogP contribution < -0.4 is 15.6 Å². The van der Waals surface area contributed by atoms with Crippen molar-refractivity contribution in [2.75, 3.05) is 27.2 Å². The van der Waals surface area contributed by atoms with Gasteiger partial charge < -0.3 is 19.5 Å². The predicted octanol–water partition coefficient (Wildman–Crippen LogP) is 2.12. The van der Waals surface area contributed by atoms with E-state index in [9.17, 15) is 22.8 Å². The highest BCUT2D eigenvalue weighted by Gasteiger charge is 2.34. The summed E-state index contributed by atoms with van der Waals surface area (Å²) < 4.78 is 44.6. The number of pyridine rings is 1. The molecule has 0 aliphatic heterocycles. The van der Waals surface area contributed by atoms with Crippen LogP contribution in [0.2, 0.25) is 0 Å². The van der Waals surface area contributed by atoms with Crippen LogP contribution >= 0.6 is 0 Å². The third-order valence-corrected chi connectivity index (χ3v) is 3.86. The van der Waals surface area contributed by atoms with E-state index in [1.54, 1.807) is 24.3 Å². The molecule has 152 valence electrons. The molecule has 1 aromatic carbocycles. The second-order valence-electron chi connectivity index (χ2n) is 6.43. The van der Waals surface area contributed by atoms with Gasteiger partial charge in [0.15, 0.2) is 0 Å². The Morgan fingerprint density at radius 3 is 2.46 bits per heavy atom. The number of aromatic nitrogens is 1. The highest BCUT2D eigenvalue weighted by atomic mass is 19.4. The van der Waals surface area contributed by atoms with Gasteiger partial charge in [-0.15, -0.1) is 0 Å². The van der Waals surface area contributed by atoms with Crippen LogP contribution in [0.5, 0.6) is 5.75 Å². The maximum absolute atomic E-state index is 12.8. The molecule has 0 spiro atoms. The molecule has 2 rings (SSSR count). The van der Waals surface area contributed by atoms with E-state index in [-0.39, 0.29) is 6.54 Å². The quantitative estimate of drug-likeness (QED) is 0.741. The molecule has 0 bridgehead atoms. The molecule has 1 aromatic heterocycles. The Balaban J connectivity index is 1.89. The van der Waals surface area contributed by atoms with E-state index >= 15 is 0 Å². The summed E-state index contributed by atoms with van der Waals surface area (Å²) in [6, 6.07) is 8.89. The molecule has 1 amide bonds. The maximum atomic E-state index is 12.8. The van der Waals surface area contributed by atoms with E-state index in [0.717, 1.165) is 28.9 Å². The molecule has 1 heterocycles. The van der Waals surface area contributed by atoms with Crippen LogP contribution in [0.25, 0.3) is 0 Å². The number of rotatable bonds is 8. The largest absolute Gasteiger partial charge is 0.492 e. The molecule has 1 N–H and O–H groups in total. The number of benzene rings is 1. The molecule has 0 radical (unpaired) electrons. The summed E-state index contributed by atoms with van der Waals surface area (Å²) in [5.41, 5.74) is -1.75. The van der Waals surface area contributed by atoms with E-state index in [0.29, 0.717) is 18.4 Å². The lowest BCUT2D eigenvalue weighted by Gasteiger charge is -2.12. The summed E-state index contributed by atoms with van der Waals surface area (Å²) in [6.07, 6.45) is -3.61. The van der Waals surface area contributed by atoms with E-state index in [1.807, 2.05) is 19.0 Å². The van der Waals surface area contributed by atoms with Crippen molar-refractivity contribution < 1.29 is 22.7 Å². The van der Waals surface area contributed by atoms with Gasteiger partial charge in [0, 0.05) is 19.3 Å². The highest BCUT2D eigenvalue weighted by Crippen LogP contribution is 2.25. The van der Waals surface area contributed by atoms with Crippen LogP contribution in [0.15, 0.2) is 47.4 Å². The van der Waals surface area contributed by atoms with Crippen LogP contribution in [-0.2, 0) is 24.1 Å². The van der Waals surface area contributed by atoms with E-state index in [4.69, 9.17) is 4.74 Å². The number of nitrogens with one attached hydrogen (secondary N) is 1. The fourth-order valence-electron chi connectivity index (χ4n) is 2.34. The van der Waals surface area contributed by atoms with Crippen molar-refractivity contribution >= 4 is 5.91 Å². The number of hydrogen-bond acceptors (Lipinski definition) is 4. The normalized spacial score (nSPS) is 11.5. The molecule has 0 saturated carbocycles. The van der Waals surface area contributed by atoms with Gasteiger partial charge in [-0.2, -0.15) is 13.2 Å². The Bertz CT molecular complexity index is 846. The maximum Gasteiger partial charge on any atom is 0.421 e. The number of carbonyl (C=O) groups is 1. The number of halogens is 3. The molecule has 9 heteroatoms. The number of likely N-dealkylation sites (N-methyl/N-ethyl adjacent to an activating group) is 1. The zero-order chi connectivity index (χ0) is 20.7. The Labute approximate surface area is 160 Å². The van der Waals surface area contributed by atoms with Crippen LogP contribution in [0.3, 0.4) is 0 Å². The third kappa shape index (κ3) is 6.41. The number of ether oxygens (including phenoxy) is 1. The second-order valence-corrected chi connectivity index (χ2v) is 6.43. The topological polar surface area (TPSA) is 63.6 Å². The van der Waals surface area contributed by atoms with Crippen molar-refractivity contribution in [3.05, 3.63) is 64.1 Å². The standard InChI is InChI=1S/C19H22F3N3O3/c1-24(2)10-11-28-15-7-5-14(6-8-15)12-23-17(26)13-25-9-3-4-16(18(25)27)19(20,21)22/h3-9H,10-13H2,1-2H3,(H,23,26). The van der Waals surface area contributed by atoms with Crippen molar-refractivity contribution in [3.8, 4) is 5.75 Å². The number of nitrogens with zero attached hydrogens (tertiary/aromatic N) is 2. The first-order valence-corrected chi connectivity index (χ1v) is 8.56. The van der Waals surface area contributed by atoms with Gasteiger partial charge in [-0.25, -0.2) is 0 Å². The first-order chi connectivity index (χ1) is 13.2. The van der Waals surface area contributed by atoms with Crippen LogP contribution in [0.4, 0.5) is 13.2 Å². The van der Waals surface area contributed by atoms with Crippen molar-refractivity contribution in [2.45, 2.75) is 19.3 Å². The summed E-state index contributed by atoms with van der Waals surface area (Å²) in [4.78, 5) is 25.8. The number of carbonyl (C=O) groups excluding carboxylic acids is 1. The van der Waals surface area contributed by atoms with Gasteiger partial charge in [-0.3, -0.25) is 9.59 Å². The first kappa shape index (κ1) is 21.5. The van der Waals surface area contributed by atoms with Crippen LogP contribution in [0.1, 0.15) is 11.1 Å². The van der Waals surface area contributed by atoms with Crippen molar-refractivity contribution in [1.29, 1.82) is 0 Å². The first-order valence-electron chi connectivity index (χ1n) is 8.56. The zero-order valence-corrected chi connectivity index (χ0v) is 15.6. The summed E-state index contributed by atoms with van der Waals surface area (Å²) in [5, 5.41) is 2.58. The SMILES string of the molecule is CN(C)CCOc1ccc(CNC(=O)Cn2cccc(C(F)(F)F)c2=O)cc1. The smallest absolute Gasteiger partial charge is 0.421 e. The lowest BCUT2D eigenvalue weighted by atomic mass is 10.2. The van der Waals surface area contributed by atoms with Gasteiger partial charge in [-0.05, 0) is 43.9 Å². The fraction of sp³-hybridized carbons (Fsp3) is 0.368. The summed E-state index contributed by atoms with van der Waals surface area (Å²) in [5.74, 6) is 0.139. The predicted molar refractivity (Wildman–Crippen MR) is 98.0 cm³/mol. The van der Waals surface area contributed by atoms with Gasteiger partial charge >= 0.3 is 6.18 Å². The number of hydrogen-bond donors (Lipinski definition) is 1. The molecule has 0 aliphatic rings. The Morgan fingerprint density at radius 1 is 1.18 bits per heavy atom. The van der Waals surface area contributed by atoms with Crippen LogP contribution in [-0.4, -0.2) is 42.6 Å². The van der Waals surface area contributed by atoms with Gasteiger partial charge in [0.05, 0.1) is 0 Å². The monoisotopic (exact) mass is 397 g/mol. The fourth-order valence-corrected chi connectivity index (χ4v) is 2.34. The molecule has 28 heavy (non-hydrogen) atoms. The molecule has 2 aromatic rings. The summed E-state index contributed by atoms with van der Waals surface area (Å²) in [6.45, 7) is 1.03. The Hall–Kier alpha value is -2.81. The number of alkyl halides is 3. The minimum absolute atomic E-state index is 0.185. The summed E-state index contributed by atoms with van der Waals surface area (Å²) >= 11 is 0. The van der Waals surface area contributed by atoms with Gasteiger partial charge in [0.2, 0.25) is 5.91 Å². The average molecular weight is 397 g/mol. The molecule has 0 saturated heterocycles. The highest BCUT2D eigenvalue weighted by molar-refractivity contribution is 5.75. The lowest BCUT2D eigenvalue weighted by molar-refractivity contribution is -0.139. The van der Waals surface area contributed by atoms with E-state index in [2.05, 4.69) is 5.32 Å². The minimum Gasteiger partial charge on any atom is -0.492 e. The Kier molecular flexibility index (Phi) is 7.22. The molecule has 0 fully saturated rings. The Morgan fingerprint density at radius 2 is 1.86 bits per heavy atom. The van der Waals surface area contributed by atoms with Crippen LogP contribution in [0, 0.1) is 0 Å². The number of amides is 1. The average Bonchev–Trinajstić information content (AvgIpc) is 2.61. The molecule has 0 atom stereocenters. The molecule has 6 nitrogen and oxygen atoms in total. The van der Waals surface area contributed by atoms with E-state index < -0.39 is 29.8 Å². The van der Waals surface area contributed by atoms with Crippen molar-refractivity contribution in [1.82, 2.24) is 14.8 Å². The van der Waals surface area contributed by atoms with Gasteiger partial charge in [0.25, 0.3) is 5.56 Å². The van der Waals surface area contributed by atoms with Gasteiger partial charge in [-0.1, -0.05) is 12.1 Å². The molecular formula is C19H22F3N3O3. The van der Waals surface area contributed by atoms with E-state index in [1.165, 1.54) is 0 Å². The molecular weight excluding hydrogens is 375 g/mol. The summed E-state index contributed by atoms with van der Waals surface area (Å²) in [7, 11) is 3.89. The minimum atomic E-state index is -4.76. The van der Waals surface area contributed by atoms with Crippen molar-refractivity contribution in [2.24, 2.45) is 0 Å².